The lowest BCUT2D eigenvalue weighted by molar-refractivity contribution is 0.311. The van der Waals surface area contributed by atoms with Crippen LogP contribution in [0.25, 0.3) is 10.9 Å². The first-order valence-electron chi connectivity index (χ1n) is 7.33. The smallest absolute Gasteiger partial charge is 0.162 e. The zero-order valence-electron chi connectivity index (χ0n) is 13.0. The summed E-state index contributed by atoms with van der Waals surface area (Å²) in [4.78, 5) is 4.43. The highest BCUT2D eigenvalue weighted by molar-refractivity contribution is 9.10. The molecule has 1 N–H and O–H groups in total. The Morgan fingerprint density at radius 2 is 2.00 bits per heavy atom. The Bertz CT molecular complexity index is 836. The van der Waals surface area contributed by atoms with Crippen molar-refractivity contribution in [3.63, 3.8) is 0 Å². The van der Waals surface area contributed by atoms with Gasteiger partial charge in [0.2, 0.25) is 0 Å². The van der Waals surface area contributed by atoms with E-state index in [1.807, 2.05) is 49.4 Å². The van der Waals surface area contributed by atoms with Gasteiger partial charge >= 0.3 is 0 Å². The Kier molecular flexibility index (Phi) is 4.67. The van der Waals surface area contributed by atoms with Gasteiger partial charge in [-0.25, -0.2) is 0 Å². The van der Waals surface area contributed by atoms with Crippen molar-refractivity contribution in [2.45, 2.75) is 6.92 Å². The van der Waals surface area contributed by atoms with Crippen molar-refractivity contribution in [3.8, 4) is 11.5 Å². The highest BCUT2D eigenvalue weighted by Gasteiger charge is 2.10. The van der Waals surface area contributed by atoms with Crippen LogP contribution in [-0.2, 0) is 0 Å². The first kappa shape index (κ1) is 15.6. The van der Waals surface area contributed by atoms with E-state index in [0.717, 1.165) is 26.8 Å². The van der Waals surface area contributed by atoms with Gasteiger partial charge in [0, 0.05) is 33.5 Å². The van der Waals surface area contributed by atoms with Crippen molar-refractivity contribution in [1.82, 2.24) is 4.98 Å². The molecule has 0 radical (unpaired) electrons. The molecule has 3 rings (SSSR count). The molecule has 118 valence electrons. The molecule has 23 heavy (non-hydrogen) atoms. The van der Waals surface area contributed by atoms with Crippen LogP contribution in [0.2, 0.25) is 0 Å². The average molecular weight is 373 g/mol. The molecule has 5 heteroatoms. The maximum absolute atomic E-state index is 5.67. The van der Waals surface area contributed by atoms with Crippen LogP contribution >= 0.6 is 15.9 Å². The molecule has 0 unspecified atom stereocenters. The summed E-state index contributed by atoms with van der Waals surface area (Å²) in [6.45, 7) is 2.53. The molecule has 0 fully saturated rings. The predicted octanol–water partition coefficient (Wildman–Crippen LogP) is 5.15. The number of hydrogen-bond donors (Lipinski definition) is 1. The van der Waals surface area contributed by atoms with E-state index in [4.69, 9.17) is 9.47 Å². The molecule has 0 bridgehead atoms. The average Bonchev–Trinajstić information content (AvgIpc) is 2.55. The van der Waals surface area contributed by atoms with E-state index in [1.54, 1.807) is 13.3 Å². The van der Waals surface area contributed by atoms with E-state index in [9.17, 15) is 0 Å². The number of nitrogens with one attached hydrogen (secondary N) is 1. The summed E-state index contributed by atoms with van der Waals surface area (Å²) in [5.74, 6) is 1.40. The molecule has 2 aromatic carbocycles. The minimum atomic E-state index is 0.580. The second-order valence-electron chi connectivity index (χ2n) is 4.95. The third-order valence-corrected chi connectivity index (χ3v) is 3.92. The van der Waals surface area contributed by atoms with E-state index in [0.29, 0.717) is 18.1 Å². The van der Waals surface area contributed by atoms with Crippen molar-refractivity contribution in [1.29, 1.82) is 0 Å². The number of methoxy groups -OCH3 is 1. The summed E-state index contributed by atoms with van der Waals surface area (Å²) in [7, 11) is 1.63. The molecule has 0 aliphatic rings. The monoisotopic (exact) mass is 372 g/mol. The van der Waals surface area contributed by atoms with Crippen molar-refractivity contribution < 1.29 is 9.47 Å². The number of nitrogens with zero attached hydrogens (tertiary/aromatic N) is 1. The molecular formula is C18H17BrN2O2. The van der Waals surface area contributed by atoms with Gasteiger partial charge in [0.1, 0.15) is 0 Å². The molecule has 0 saturated heterocycles. The second-order valence-corrected chi connectivity index (χ2v) is 5.86. The van der Waals surface area contributed by atoms with Crippen molar-refractivity contribution in [3.05, 3.63) is 53.1 Å². The first-order chi connectivity index (χ1) is 11.2. The first-order valence-corrected chi connectivity index (χ1v) is 8.12. The van der Waals surface area contributed by atoms with Crippen LogP contribution < -0.4 is 14.8 Å². The maximum Gasteiger partial charge on any atom is 0.162 e. The van der Waals surface area contributed by atoms with E-state index >= 15 is 0 Å². The molecule has 0 aliphatic carbocycles. The zero-order valence-corrected chi connectivity index (χ0v) is 14.6. The van der Waals surface area contributed by atoms with Crippen LogP contribution in [0.4, 0.5) is 11.4 Å². The lowest BCUT2D eigenvalue weighted by atomic mass is 10.1. The van der Waals surface area contributed by atoms with Gasteiger partial charge in [0.15, 0.2) is 11.5 Å². The number of aromatic nitrogens is 1. The summed E-state index contributed by atoms with van der Waals surface area (Å²) in [6, 6.07) is 13.8. The number of fused-ring (bicyclic) bond motifs is 1. The minimum Gasteiger partial charge on any atom is -0.493 e. The van der Waals surface area contributed by atoms with Crippen molar-refractivity contribution in [2.75, 3.05) is 19.0 Å². The zero-order chi connectivity index (χ0) is 16.2. The van der Waals surface area contributed by atoms with Gasteiger partial charge in [0.25, 0.3) is 0 Å². The van der Waals surface area contributed by atoms with E-state index in [1.165, 1.54) is 0 Å². The summed E-state index contributed by atoms with van der Waals surface area (Å²) in [5, 5.41) is 4.41. The topological polar surface area (TPSA) is 43.4 Å². The third-order valence-electron chi connectivity index (χ3n) is 3.43. The van der Waals surface area contributed by atoms with Crippen LogP contribution in [0.5, 0.6) is 11.5 Å². The van der Waals surface area contributed by atoms with Crippen LogP contribution in [-0.4, -0.2) is 18.7 Å². The second kappa shape index (κ2) is 6.87. The molecule has 0 amide bonds. The van der Waals surface area contributed by atoms with Gasteiger partial charge < -0.3 is 14.8 Å². The molecule has 4 nitrogen and oxygen atoms in total. The number of halogens is 1. The number of rotatable bonds is 5. The quantitative estimate of drug-likeness (QED) is 0.672. The summed E-state index contributed by atoms with van der Waals surface area (Å²) < 4.78 is 12.1. The highest BCUT2D eigenvalue weighted by atomic mass is 79.9. The van der Waals surface area contributed by atoms with Crippen LogP contribution in [0, 0.1) is 0 Å². The lowest BCUT2D eigenvalue weighted by Gasteiger charge is -2.14. The Balaban J connectivity index is 2.08. The maximum atomic E-state index is 5.67. The Hall–Kier alpha value is -2.27. The Morgan fingerprint density at radius 3 is 2.74 bits per heavy atom. The van der Waals surface area contributed by atoms with Gasteiger partial charge in [-0.05, 0) is 37.3 Å². The van der Waals surface area contributed by atoms with Gasteiger partial charge in [-0.15, -0.1) is 0 Å². The molecule has 0 atom stereocenters. The van der Waals surface area contributed by atoms with E-state index in [2.05, 4.69) is 26.2 Å². The SMILES string of the molecule is CCOc1cc2c(Nc3cccc(Br)c3)ccnc2cc1OC. The van der Waals surface area contributed by atoms with Crippen LogP contribution in [0.3, 0.4) is 0 Å². The fraction of sp³-hybridized carbons (Fsp3) is 0.167. The third kappa shape index (κ3) is 3.40. The van der Waals surface area contributed by atoms with Gasteiger partial charge in [-0.3, -0.25) is 4.98 Å². The normalized spacial score (nSPS) is 10.6. The molecule has 0 spiro atoms. The minimum absolute atomic E-state index is 0.580. The van der Waals surface area contributed by atoms with Crippen LogP contribution in [0.15, 0.2) is 53.1 Å². The Morgan fingerprint density at radius 1 is 1.13 bits per heavy atom. The standard InChI is InChI=1S/C18H17BrN2O2/c1-3-23-18-10-14-15(21-13-6-4-5-12(19)9-13)7-8-20-16(14)11-17(18)22-2/h4-11H,3H2,1-2H3,(H,20,21). The highest BCUT2D eigenvalue weighted by Crippen LogP contribution is 2.35. The Labute approximate surface area is 143 Å². The molecule has 1 heterocycles. The number of hydrogen-bond acceptors (Lipinski definition) is 4. The summed E-state index contributed by atoms with van der Waals surface area (Å²) in [5.41, 5.74) is 2.82. The number of ether oxygens (including phenoxy) is 2. The summed E-state index contributed by atoms with van der Waals surface area (Å²) in [6.07, 6.45) is 1.78. The van der Waals surface area contributed by atoms with Crippen LogP contribution in [0.1, 0.15) is 6.92 Å². The fourth-order valence-corrected chi connectivity index (χ4v) is 2.81. The molecule has 1 aromatic heterocycles. The molecule has 0 aliphatic heterocycles. The number of anilines is 2. The number of benzene rings is 2. The van der Waals surface area contributed by atoms with Gasteiger partial charge in [-0.1, -0.05) is 22.0 Å². The molecule has 0 saturated carbocycles. The van der Waals surface area contributed by atoms with E-state index in [-0.39, 0.29) is 0 Å². The van der Waals surface area contributed by atoms with Gasteiger partial charge in [0.05, 0.1) is 19.2 Å². The number of pyridine rings is 1. The van der Waals surface area contributed by atoms with Gasteiger partial charge in [-0.2, -0.15) is 0 Å². The molecule has 3 aromatic rings. The lowest BCUT2D eigenvalue weighted by Crippen LogP contribution is -1.97. The largest absolute Gasteiger partial charge is 0.493 e. The van der Waals surface area contributed by atoms with E-state index < -0.39 is 0 Å². The fourth-order valence-electron chi connectivity index (χ4n) is 2.41. The predicted molar refractivity (Wildman–Crippen MR) is 96.9 cm³/mol. The molecular weight excluding hydrogens is 356 g/mol. The van der Waals surface area contributed by atoms with Crippen molar-refractivity contribution in [2.24, 2.45) is 0 Å². The van der Waals surface area contributed by atoms with Crippen molar-refractivity contribution >= 4 is 38.2 Å². The summed E-state index contributed by atoms with van der Waals surface area (Å²) >= 11 is 3.49.